The standard InChI is InChI=1S/C14H9ClN2OS/c1-9(18)13-7-12(14(15)19-13)10-6-11-4-2-3-5-17(11)16-8-10/h2-5,7-8H,1H3. The highest BCUT2D eigenvalue weighted by atomic mass is 35.5. The van der Waals surface area contributed by atoms with Crippen LogP contribution in [0.15, 0.2) is 47.0 Å². The van der Waals surface area contributed by atoms with Crippen molar-refractivity contribution in [2.24, 2.45) is 5.10 Å². The molecule has 0 saturated carbocycles. The van der Waals surface area contributed by atoms with E-state index in [1.807, 2.05) is 24.4 Å². The lowest BCUT2D eigenvalue weighted by atomic mass is 10.1. The average Bonchev–Trinajstić information content (AvgIpc) is 2.80. The quantitative estimate of drug-likeness (QED) is 0.611. The third kappa shape index (κ3) is 2.22. The first-order chi connectivity index (χ1) is 9.15. The van der Waals surface area contributed by atoms with E-state index in [1.165, 1.54) is 18.3 Å². The number of hydrazone groups is 1. The molecule has 0 bridgehead atoms. The van der Waals surface area contributed by atoms with Gasteiger partial charge in [0.15, 0.2) is 5.78 Å². The van der Waals surface area contributed by atoms with E-state index >= 15 is 0 Å². The van der Waals surface area contributed by atoms with E-state index in [2.05, 4.69) is 10.8 Å². The van der Waals surface area contributed by atoms with Gasteiger partial charge in [0.25, 0.3) is 0 Å². The smallest absolute Gasteiger partial charge is 0.169 e. The van der Waals surface area contributed by atoms with Gasteiger partial charge >= 0.3 is 0 Å². The van der Waals surface area contributed by atoms with Gasteiger partial charge in [0.2, 0.25) is 0 Å². The molecule has 94 valence electrons. The number of Topliss-reactive ketones (excluding diaryl/α,β-unsaturated/α-hetero) is 1. The molecule has 3 heterocycles. The van der Waals surface area contributed by atoms with Crippen LogP contribution in [0.3, 0.4) is 0 Å². The summed E-state index contributed by atoms with van der Waals surface area (Å²) in [7, 11) is 0. The number of carbonyl (C=O) groups is 1. The Kier molecular flexibility index (Phi) is 2.99. The van der Waals surface area contributed by atoms with Crippen molar-refractivity contribution in [2.75, 3.05) is 0 Å². The molecule has 0 atom stereocenters. The molecule has 0 unspecified atom stereocenters. The molecule has 1 aromatic rings. The first kappa shape index (κ1) is 12.2. The zero-order chi connectivity index (χ0) is 13.4. The fourth-order valence-electron chi connectivity index (χ4n) is 1.79. The van der Waals surface area contributed by atoms with Gasteiger partial charge < -0.3 is 0 Å². The van der Waals surface area contributed by atoms with Gasteiger partial charge in [0, 0.05) is 17.3 Å². The Bertz CT molecular complexity index is 718. The maximum Gasteiger partial charge on any atom is 0.169 e. The van der Waals surface area contributed by atoms with Crippen LogP contribution in [0.2, 0.25) is 4.34 Å². The molecule has 3 nitrogen and oxygen atoms in total. The third-order valence-electron chi connectivity index (χ3n) is 2.74. The number of ketones is 1. The summed E-state index contributed by atoms with van der Waals surface area (Å²) < 4.78 is 0.587. The van der Waals surface area contributed by atoms with Crippen LogP contribution in [0.25, 0.3) is 5.57 Å². The summed E-state index contributed by atoms with van der Waals surface area (Å²) >= 11 is 7.47. The minimum atomic E-state index is 0.0151. The predicted molar refractivity (Wildman–Crippen MR) is 78.4 cm³/mol. The molecule has 0 N–H and O–H groups in total. The summed E-state index contributed by atoms with van der Waals surface area (Å²) in [6.45, 7) is 1.53. The Balaban J connectivity index is 2.11. The second-order valence-corrected chi connectivity index (χ2v) is 5.72. The monoisotopic (exact) mass is 288 g/mol. The van der Waals surface area contributed by atoms with Crippen LogP contribution in [0.5, 0.6) is 0 Å². The number of fused-ring (bicyclic) bond motifs is 1. The van der Waals surface area contributed by atoms with E-state index < -0.39 is 0 Å². The lowest BCUT2D eigenvalue weighted by molar-refractivity contribution is 0.102. The van der Waals surface area contributed by atoms with Crippen molar-refractivity contribution in [3.63, 3.8) is 0 Å². The van der Waals surface area contributed by atoms with Crippen LogP contribution in [-0.4, -0.2) is 17.0 Å². The van der Waals surface area contributed by atoms with Gasteiger partial charge in [-0.3, -0.25) is 4.79 Å². The van der Waals surface area contributed by atoms with Crippen LogP contribution in [0, 0.1) is 0 Å². The molecule has 0 amide bonds. The van der Waals surface area contributed by atoms with Crippen molar-refractivity contribution in [2.45, 2.75) is 6.92 Å². The van der Waals surface area contributed by atoms with Crippen molar-refractivity contribution in [1.82, 2.24) is 5.01 Å². The van der Waals surface area contributed by atoms with E-state index in [9.17, 15) is 4.79 Å². The molecular weight excluding hydrogens is 280 g/mol. The molecule has 0 aromatic carbocycles. The SMILES string of the molecule is CC(=O)c1cc(C2=C=C3C=CC=CN3N=C2)c(Cl)s1. The van der Waals surface area contributed by atoms with Crippen LogP contribution < -0.4 is 0 Å². The molecule has 5 heteroatoms. The fraction of sp³-hybridized carbons (Fsp3) is 0.0714. The number of hydrogen-bond donors (Lipinski definition) is 0. The second-order valence-electron chi connectivity index (χ2n) is 4.07. The Labute approximate surface area is 119 Å². The van der Waals surface area contributed by atoms with E-state index in [1.54, 1.807) is 17.3 Å². The first-order valence-electron chi connectivity index (χ1n) is 5.65. The van der Waals surface area contributed by atoms with Crippen LogP contribution in [0.1, 0.15) is 22.2 Å². The molecule has 0 fully saturated rings. The van der Waals surface area contributed by atoms with Gasteiger partial charge in [0.1, 0.15) is 10.0 Å². The van der Waals surface area contributed by atoms with Crippen LogP contribution in [-0.2, 0) is 0 Å². The number of hydrogen-bond acceptors (Lipinski definition) is 4. The van der Waals surface area contributed by atoms with Gasteiger partial charge in [-0.2, -0.15) is 5.10 Å². The normalized spacial score (nSPS) is 16.2. The Morgan fingerprint density at radius 2 is 2.32 bits per heavy atom. The summed E-state index contributed by atoms with van der Waals surface area (Å²) in [4.78, 5) is 12.0. The van der Waals surface area contributed by atoms with Gasteiger partial charge in [-0.1, -0.05) is 23.4 Å². The molecule has 1 aromatic heterocycles. The summed E-state index contributed by atoms with van der Waals surface area (Å²) in [6, 6.07) is 1.79. The van der Waals surface area contributed by atoms with Crippen molar-refractivity contribution < 1.29 is 4.79 Å². The molecule has 19 heavy (non-hydrogen) atoms. The minimum Gasteiger partial charge on any atom is -0.294 e. The average molecular weight is 289 g/mol. The molecular formula is C14H9ClN2OS. The zero-order valence-corrected chi connectivity index (χ0v) is 11.6. The lowest BCUT2D eigenvalue weighted by Crippen LogP contribution is -2.12. The van der Waals surface area contributed by atoms with E-state index in [0.717, 1.165) is 16.8 Å². The van der Waals surface area contributed by atoms with Crippen molar-refractivity contribution in [1.29, 1.82) is 0 Å². The van der Waals surface area contributed by atoms with Gasteiger partial charge in [-0.25, -0.2) is 5.01 Å². The Morgan fingerprint density at radius 3 is 3.05 bits per heavy atom. The number of nitrogens with zero attached hydrogens (tertiary/aromatic N) is 2. The fourth-order valence-corrected chi connectivity index (χ4v) is 2.99. The summed E-state index contributed by atoms with van der Waals surface area (Å²) in [5.41, 5.74) is 5.69. The number of rotatable bonds is 2. The highest BCUT2D eigenvalue weighted by Crippen LogP contribution is 2.33. The second kappa shape index (κ2) is 4.67. The van der Waals surface area contributed by atoms with Crippen LogP contribution in [0.4, 0.5) is 0 Å². The molecule has 0 spiro atoms. The largest absolute Gasteiger partial charge is 0.294 e. The maximum absolute atomic E-state index is 11.4. The van der Waals surface area contributed by atoms with Crippen molar-refractivity contribution in [3.05, 3.63) is 56.7 Å². The number of halogens is 1. The molecule has 0 aliphatic carbocycles. The van der Waals surface area contributed by atoms with Gasteiger partial charge in [-0.15, -0.1) is 11.3 Å². The van der Waals surface area contributed by atoms with Gasteiger partial charge in [-0.05, 0) is 25.1 Å². The zero-order valence-electron chi connectivity index (χ0n) is 10.1. The van der Waals surface area contributed by atoms with Crippen molar-refractivity contribution in [3.8, 4) is 0 Å². The highest BCUT2D eigenvalue weighted by molar-refractivity contribution is 7.18. The molecule has 2 aliphatic rings. The predicted octanol–water partition coefficient (Wildman–Crippen LogP) is 3.86. The van der Waals surface area contributed by atoms with Crippen molar-refractivity contribution >= 4 is 40.5 Å². The summed E-state index contributed by atoms with van der Waals surface area (Å²) in [5.74, 6) is 0.0151. The first-order valence-corrected chi connectivity index (χ1v) is 6.84. The third-order valence-corrected chi connectivity index (χ3v) is 4.20. The molecule has 2 aliphatic heterocycles. The van der Waals surface area contributed by atoms with Crippen LogP contribution >= 0.6 is 22.9 Å². The number of thiophene rings is 1. The molecule has 3 rings (SSSR count). The maximum atomic E-state index is 11.4. The van der Waals surface area contributed by atoms with E-state index in [4.69, 9.17) is 11.6 Å². The van der Waals surface area contributed by atoms with Gasteiger partial charge in [0.05, 0.1) is 11.1 Å². The molecule has 0 saturated heterocycles. The summed E-state index contributed by atoms with van der Waals surface area (Å²) in [6.07, 6.45) is 9.30. The lowest BCUT2D eigenvalue weighted by Gasteiger charge is -2.18. The van der Waals surface area contributed by atoms with E-state index in [0.29, 0.717) is 9.21 Å². The minimum absolute atomic E-state index is 0.0151. The number of allylic oxidation sites excluding steroid dienone is 3. The van der Waals surface area contributed by atoms with E-state index in [-0.39, 0.29) is 5.78 Å². The highest BCUT2D eigenvalue weighted by Gasteiger charge is 2.16. The topological polar surface area (TPSA) is 32.7 Å². The Hall–Kier alpha value is -1.87. The Morgan fingerprint density at radius 1 is 1.47 bits per heavy atom. The molecule has 0 radical (unpaired) electrons. The summed E-state index contributed by atoms with van der Waals surface area (Å²) in [5, 5.41) is 6.03. The number of carbonyl (C=O) groups excluding carboxylic acids is 1.